The Morgan fingerprint density at radius 3 is 2.54 bits per heavy atom. The minimum absolute atomic E-state index is 0.185. The predicted molar refractivity (Wildman–Crippen MR) is 98.5 cm³/mol. The summed E-state index contributed by atoms with van der Waals surface area (Å²) < 4.78 is 1.02. The van der Waals surface area contributed by atoms with Crippen molar-refractivity contribution in [2.45, 2.75) is 37.8 Å². The number of rotatable bonds is 2. The fraction of sp³-hybridized carbons (Fsp3) is 0.333. The number of nitrogens with one attached hydrogen (secondary N) is 1. The van der Waals surface area contributed by atoms with Crippen molar-refractivity contribution in [3.8, 4) is 11.8 Å². The molecule has 0 amide bonds. The summed E-state index contributed by atoms with van der Waals surface area (Å²) in [6, 6.07) is 8.08. The van der Waals surface area contributed by atoms with Gasteiger partial charge in [-0.05, 0) is 49.9 Å². The average Bonchev–Trinajstić information content (AvgIpc) is 2.58. The number of aliphatic hydroxyl groups excluding tert-OH is 1. The molecule has 2 aromatic rings. The summed E-state index contributed by atoms with van der Waals surface area (Å²) in [4.78, 5) is 8.34. The molecule has 1 heterocycles. The summed E-state index contributed by atoms with van der Waals surface area (Å²) in [5, 5.41) is 13.0. The van der Waals surface area contributed by atoms with Crippen LogP contribution in [0.25, 0.3) is 0 Å². The van der Waals surface area contributed by atoms with Crippen LogP contribution in [-0.4, -0.2) is 27.2 Å². The summed E-state index contributed by atoms with van der Waals surface area (Å²) in [5.74, 6) is 7.12. The van der Waals surface area contributed by atoms with Gasteiger partial charge in [-0.3, -0.25) is 0 Å². The Labute approximate surface area is 149 Å². The lowest BCUT2D eigenvalue weighted by molar-refractivity contribution is 0.126. The largest absolute Gasteiger partial charge is 0.393 e. The van der Waals surface area contributed by atoms with Crippen molar-refractivity contribution in [2.24, 2.45) is 0 Å². The van der Waals surface area contributed by atoms with Crippen molar-refractivity contribution in [3.63, 3.8) is 0 Å². The SMILES string of the molecule is Nc1ncc(C#Cc2ccc(Br)cc2)c(N[C@H]2CC[C@H](O)CC2)n1. The van der Waals surface area contributed by atoms with Gasteiger partial charge in [0.2, 0.25) is 5.95 Å². The van der Waals surface area contributed by atoms with Gasteiger partial charge in [-0.15, -0.1) is 0 Å². The Morgan fingerprint density at radius 1 is 1.12 bits per heavy atom. The van der Waals surface area contributed by atoms with Crippen molar-refractivity contribution in [1.29, 1.82) is 0 Å². The number of hydrogen-bond donors (Lipinski definition) is 3. The van der Waals surface area contributed by atoms with E-state index < -0.39 is 0 Å². The monoisotopic (exact) mass is 386 g/mol. The third-order valence-corrected chi connectivity index (χ3v) is 4.56. The lowest BCUT2D eigenvalue weighted by atomic mass is 9.93. The molecule has 0 aliphatic heterocycles. The van der Waals surface area contributed by atoms with Crippen molar-refractivity contribution in [3.05, 3.63) is 46.1 Å². The van der Waals surface area contributed by atoms with E-state index in [0.29, 0.717) is 5.82 Å². The quantitative estimate of drug-likeness (QED) is 0.691. The molecule has 1 aromatic heterocycles. The molecular formula is C18H19BrN4O. The van der Waals surface area contributed by atoms with Gasteiger partial charge in [0.25, 0.3) is 0 Å². The van der Waals surface area contributed by atoms with Crippen LogP contribution in [-0.2, 0) is 0 Å². The summed E-state index contributed by atoms with van der Waals surface area (Å²) in [7, 11) is 0. The maximum absolute atomic E-state index is 9.62. The molecule has 1 saturated carbocycles. The van der Waals surface area contributed by atoms with Gasteiger partial charge in [-0.2, -0.15) is 4.98 Å². The van der Waals surface area contributed by atoms with Gasteiger partial charge in [0.05, 0.1) is 17.9 Å². The first-order valence-electron chi connectivity index (χ1n) is 7.95. The highest BCUT2D eigenvalue weighted by Gasteiger charge is 2.20. The van der Waals surface area contributed by atoms with E-state index >= 15 is 0 Å². The van der Waals surface area contributed by atoms with Crippen LogP contribution in [0.3, 0.4) is 0 Å². The maximum Gasteiger partial charge on any atom is 0.222 e. The number of hydrogen-bond acceptors (Lipinski definition) is 5. The fourth-order valence-electron chi connectivity index (χ4n) is 2.68. The zero-order valence-electron chi connectivity index (χ0n) is 13.2. The molecule has 24 heavy (non-hydrogen) atoms. The minimum Gasteiger partial charge on any atom is -0.393 e. The minimum atomic E-state index is -0.185. The number of benzene rings is 1. The molecule has 6 heteroatoms. The second kappa shape index (κ2) is 7.65. The van der Waals surface area contributed by atoms with Crippen molar-refractivity contribution < 1.29 is 5.11 Å². The van der Waals surface area contributed by atoms with Gasteiger partial charge in [0.15, 0.2) is 0 Å². The van der Waals surface area contributed by atoms with E-state index in [0.717, 1.165) is 41.3 Å². The van der Waals surface area contributed by atoms with Gasteiger partial charge in [-0.25, -0.2) is 4.98 Å². The summed E-state index contributed by atoms with van der Waals surface area (Å²) in [6.45, 7) is 0. The van der Waals surface area contributed by atoms with Gasteiger partial charge < -0.3 is 16.2 Å². The van der Waals surface area contributed by atoms with Crippen LogP contribution in [0.1, 0.15) is 36.8 Å². The number of aromatic nitrogens is 2. The first-order chi connectivity index (χ1) is 11.6. The Bertz CT molecular complexity index is 759. The molecule has 1 aliphatic carbocycles. The van der Waals surface area contributed by atoms with Crippen molar-refractivity contribution in [2.75, 3.05) is 11.1 Å². The Hall–Kier alpha value is -2.10. The zero-order valence-corrected chi connectivity index (χ0v) is 14.8. The number of nitrogen functional groups attached to an aromatic ring is 1. The number of nitrogens with zero attached hydrogens (tertiary/aromatic N) is 2. The van der Waals surface area contributed by atoms with E-state index in [4.69, 9.17) is 5.73 Å². The van der Waals surface area contributed by atoms with Crippen LogP contribution >= 0.6 is 15.9 Å². The summed E-state index contributed by atoms with van der Waals surface area (Å²) in [6.07, 6.45) is 4.88. The molecule has 3 rings (SSSR count). The van der Waals surface area contributed by atoms with Crippen LogP contribution in [0.15, 0.2) is 34.9 Å². The van der Waals surface area contributed by atoms with Crippen LogP contribution in [0.4, 0.5) is 11.8 Å². The van der Waals surface area contributed by atoms with Crippen LogP contribution in [0.5, 0.6) is 0 Å². The number of halogens is 1. The molecule has 0 spiro atoms. The molecule has 0 atom stereocenters. The van der Waals surface area contributed by atoms with E-state index in [1.54, 1.807) is 6.20 Å². The Balaban J connectivity index is 1.79. The van der Waals surface area contributed by atoms with Crippen molar-refractivity contribution >= 4 is 27.7 Å². The summed E-state index contributed by atoms with van der Waals surface area (Å²) >= 11 is 3.41. The average molecular weight is 387 g/mol. The van der Waals surface area contributed by atoms with Gasteiger partial charge in [-0.1, -0.05) is 27.8 Å². The topological polar surface area (TPSA) is 84.1 Å². The van der Waals surface area contributed by atoms with E-state index in [1.807, 2.05) is 24.3 Å². The Morgan fingerprint density at radius 2 is 1.83 bits per heavy atom. The molecule has 1 aliphatic rings. The second-order valence-corrected chi connectivity index (χ2v) is 6.81. The van der Waals surface area contributed by atoms with E-state index in [9.17, 15) is 5.11 Å². The lowest BCUT2D eigenvalue weighted by Gasteiger charge is -2.26. The normalized spacial score (nSPS) is 20.1. The second-order valence-electron chi connectivity index (χ2n) is 5.90. The number of aliphatic hydroxyl groups is 1. The van der Waals surface area contributed by atoms with Crippen LogP contribution in [0.2, 0.25) is 0 Å². The number of nitrogens with two attached hydrogens (primary N) is 1. The molecule has 5 nitrogen and oxygen atoms in total. The smallest absolute Gasteiger partial charge is 0.222 e. The first kappa shape index (κ1) is 16.7. The standard InChI is InChI=1S/C18H19BrN4O/c19-14-5-2-12(3-6-14)1-4-13-11-21-18(20)23-17(13)22-15-7-9-16(24)10-8-15/h2-3,5-6,11,15-16,24H,7-10H2,(H3,20,21,22,23)/t15-,16-. The van der Waals surface area contributed by atoms with E-state index in [2.05, 4.69) is 43.1 Å². The van der Waals surface area contributed by atoms with Crippen LogP contribution in [0, 0.1) is 11.8 Å². The molecule has 1 aromatic carbocycles. The Kier molecular flexibility index (Phi) is 5.34. The predicted octanol–water partition coefficient (Wildman–Crippen LogP) is 2.94. The highest BCUT2D eigenvalue weighted by Crippen LogP contribution is 2.23. The molecule has 124 valence electrons. The highest BCUT2D eigenvalue weighted by atomic mass is 79.9. The molecule has 4 N–H and O–H groups in total. The fourth-order valence-corrected chi connectivity index (χ4v) is 2.95. The first-order valence-corrected chi connectivity index (χ1v) is 8.74. The molecular weight excluding hydrogens is 368 g/mol. The highest BCUT2D eigenvalue weighted by molar-refractivity contribution is 9.10. The molecule has 1 fully saturated rings. The van der Waals surface area contributed by atoms with Gasteiger partial charge in [0, 0.05) is 16.1 Å². The summed E-state index contributed by atoms with van der Waals surface area (Å²) in [5.41, 5.74) is 7.36. The lowest BCUT2D eigenvalue weighted by Crippen LogP contribution is -2.29. The maximum atomic E-state index is 9.62. The zero-order chi connectivity index (χ0) is 16.9. The van der Waals surface area contributed by atoms with Crippen LogP contribution < -0.4 is 11.1 Å². The molecule has 0 bridgehead atoms. The molecule has 0 saturated heterocycles. The molecule has 0 unspecified atom stereocenters. The van der Waals surface area contributed by atoms with Gasteiger partial charge >= 0.3 is 0 Å². The van der Waals surface area contributed by atoms with Crippen molar-refractivity contribution in [1.82, 2.24) is 9.97 Å². The van der Waals surface area contributed by atoms with Gasteiger partial charge in [0.1, 0.15) is 5.82 Å². The third kappa shape index (κ3) is 4.47. The number of anilines is 2. The third-order valence-electron chi connectivity index (χ3n) is 4.03. The molecule has 0 radical (unpaired) electrons. The van der Waals surface area contributed by atoms with E-state index in [-0.39, 0.29) is 18.1 Å². The van der Waals surface area contributed by atoms with E-state index in [1.165, 1.54) is 0 Å².